The molecule has 1 amide bonds. The van der Waals surface area contributed by atoms with Gasteiger partial charge in [0.05, 0.1) is 28.3 Å². The largest absolute Gasteiger partial charge is 0.494 e. The van der Waals surface area contributed by atoms with E-state index in [1.165, 1.54) is 6.07 Å². The van der Waals surface area contributed by atoms with Gasteiger partial charge in [-0.2, -0.15) is 4.39 Å². The normalized spacial score (nSPS) is 10.7. The fourth-order valence-electron chi connectivity index (χ4n) is 3.41. The first-order chi connectivity index (χ1) is 16.0. The number of aromatic nitrogens is 1. The van der Waals surface area contributed by atoms with Crippen LogP contribution in [0.15, 0.2) is 72.8 Å². The van der Waals surface area contributed by atoms with Crippen LogP contribution in [0.5, 0.6) is 5.75 Å². The number of nitrogens with zero attached hydrogens (tertiary/aromatic N) is 2. The Labute approximate surface area is 189 Å². The first-order valence-electron chi connectivity index (χ1n) is 10.3. The Kier molecular flexibility index (Phi) is 6.26. The van der Waals surface area contributed by atoms with Crippen LogP contribution in [0.2, 0.25) is 0 Å². The molecule has 0 atom stereocenters. The highest BCUT2D eigenvalue weighted by atomic mass is 19.1. The average Bonchev–Trinajstić information content (AvgIpc) is 2.83. The molecule has 4 aromatic rings. The van der Waals surface area contributed by atoms with E-state index in [-0.39, 0.29) is 5.69 Å². The third-order valence-corrected chi connectivity index (χ3v) is 4.96. The van der Waals surface area contributed by atoms with Gasteiger partial charge in [0.2, 0.25) is 5.82 Å². The predicted octanol–water partition coefficient (Wildman–Crippen LogP) is 5.99. The third-order valence-electron chi connectivity index (χ3n) is 4.96. The highest BCUT2D eigenvalue weighted by Crippen LogP contribution is 2.28. The number of para-hydroxylation sites is 1. The van der Waals surface area contributed by atoms with E-state index in [1.807, 2.05) is 37.3 Å². The zero-order valence-electron chi connectivity index (χ0n) is 17.7. The molecule has 4 rings (SSSR count). The maximum absolute atomic E-state index is 13.7. The number of hydrogen-bond acceptors (Lipinski definition) is 5. The number of benzene rings is 3. The van der Waals surface area contributed by atoms with E-state index in [0.29, 0.717) is 34.5 Å². The number of hydrogen-bond donors (Lipinski definition) is 1. The van der Waals surface area contributed by atoms with E-state index >= 15 is 0 Å². The van der Waals surface area contributed by atoms with Gasteiger partial charge in [0.15, 0.2) is 0 Å². The van der Waals surface area contributed by atoms with Crippen molar-refractivity contribution in [3.05, 3.63) is 94.3 Å². The van der Waals surface area contributed by atoms with E-state index in [4.69, 9.17) is 9.72 Å². The summed E-state index contributed by atoms with van der Waals surface area (Å²) in [6.45, 7) is 2.61. The van der Waals surface area contributed by atoms with Crippen LogP contribution in [0.1, 0.15) is 23.7 Å². The molecule has 0 spiro atoms. The number of ether oxygens (including phenoxy) is 1. The van der Waals surface area contributed by atoms with Crippen molar-refractivity contribution in [2.45, 2.75) is 13.3 Å². The van der Waals surface area contributed by atoms with Crippen molar-refractivity contribution < 1.29 is 18.8 Å². The molecule has 1 heterocycles. The van der Waals surface area contributed by atoms with Gasteiger partial charge in [0.25, 0.3) is 5.91 Å². The molecule has 0 fully saturated rings. The van der Waals surface area contributed by atoms with Crippen molar-refractivity contribution in [1.82, 2.24) is 4.98 Å². The van der Waals surface area contributed by atoms with E-state index < -0.39 is 22.3 Å². The number of carbonyl (C=O) groups excluding carboxylic acids is 1. The molecule has 1 N–H and O–H groups in total. The quantitative estimate of drug-likeness (QED) is 0.278. The van der Waals surface area contributed by atoms with E-state index in [1.54, 1.807) is 24.3 Å². The van der Waals surface area contributed by atoms with Gasteiger partial charge in [-0.1, -0.05) is 37.3 Å². The molecule has 8 heteroatoms. The summed E-state index contributed by atoms with van der Waals surface area (Å²) in [6, 6.07) is 19.5. The second-order valence-electron chi connectivity index (χ2n) is 7.33. The van der Waals surface area contributed by atoms with Crippen molar-refractivity contribution in [2.24, 2.45) is 0 Å². The minimum atomic E-state index is -0.972. The first kappa shape index (κ1) is 21.9. The topological polar surface area (TPSA) is 94.4 Å². The van der Waals surface area contributed by atoms with E-state index in [9.17, 15) is 19.3 Å². The minimum absolute atomic E-state index is 0.116. The number of nitro groups is 1. The fourth-order valence-corrected chi connectivity index (χ4v) is 3.41. The van der Waals surface area contributed by atoms with Gasteiger partial charge in [-0.25, -0.2) is 4.98 Å². The van der Waals surface area contributed by atoms with Gasteiger partial charge in [0, 0.05) is 22.7 Å². The SMILES string of the molecule is CCCOc1cccc(-c2cc(C(=O)Nc3ccc(F)c([N+](=O)[O-])c3)c3ccccc3n2)c1. The molecule has 0 radical (unpaired) electrons. The predicted molar refractivity (Wildman–Crippen MR) is 124 cm³/mol. The van der Waals surface area contributed by atoms with E-state index in [0.717, 1.165) is 24.1 Å². The Morgan fingerprint density at radius 2 is 1.91 bits per heavy atom. The number of halogens is 1. The Morgan fingerprint density at radius 1 is 1.09 bits per heavy atom. The Bertz CT molecular complexity index is 1360. The van der Waals surface area contributed by atoms with Gasteiger partial charge in [0.1, 0.15) is 5.75 Å². The maximum Gasteiger partial charge on any atom is 0.306 e. The summed E-state index contributed by atoms with van der Waals surface area (Å²) >= 11 is 0. The third kappa shape index (κ3) is 4.79. The lowest BCUT2D eigenvalue weighted by Gasteiger charge is -2.12. The van der Waals surface area contributed by atoms with Gasteiger partial charge in [-0.3, -0.25) is 14.9 Å². The summed E-state index contributed by atoms with van der Waals surface area (Å²) in [5.74, 6) is -0.761. The summed E-state index contributed by atoms with van der Waals surface area (Å²) in [5.41, 5.74) is 1.71. The van der Waals surface area contributed by atoms with Gasteiger partial charge in [-0.05, 0) is 42.8 Å². The molecule has 1 aromatic heterocycles. The monoisotopic (exact) mass is 445 g/mol. The minimum Gasteiger partial charge on any atom is -0.494 e. The number of nitrogens with one attached hydrogen (secondary N) is 1. The molecule has 166 valence electrons. The summed E-state index contributed by atoms with van der Waals surface area (Å²) in [6.07, 6.45) is 0.879. The number of nitro benzene ring substituents is 1. The number of pyridine rings is 1. The first-order valence-corrected chi connectivity index (χ1v) is 10.3. The maximum atomic E-state index is 13.7. The van der Waals surface area contributed by atoms with Crippen LogP contribution in [-0.2, 0) is 0 Å². The van der Waals surface area contributed by atoms with Crippen LogP contribution in [0.4, 0.5) is 15.8 Å². The van der Waals surface area contributed by atoms with Gasteiger partial charge >= 0.3 is 5.69 Å². The number of anilines is 1. The van der Waals surface area contributed by atoms with Crippen molar-refractivity contribution in [3.8, 4) is 17.0 Å². The van der Waals surface area contributed by atoms with Crippen molar-refractivity contribution in [3.63, 3.8) is 0 Å². The summed E-state index contributed by atoms with van der Waals surface area (Å²) in [4.78, 5) is 28.0. The molecule has 0 unspecified atom stereocenters. The number of carbonyl (C=O) groups is 1. The molecule has 0 bridgehead atoms. The molecule has 0 saturated carbocycles. The molecule has 33 heavy (non-hydrogen) atoms. The number of rotatable bonds is 7. The standard InChI is InChI=1S/C25H20FN3O4/c1-2-12-33-18-7-5-6-16(13-18)23-15-20(19-8-3-4-9-22(19)28-23)25(30)27-17-10-11-21(26)24(14-17)29(31)32/h3-11,13-15H,2,12H2,1H3,(H,27,30). The molecule has 7 nitrogen and oxygen atoms in total. The van der Waals surface area contributed by atoms with Crippen molar-refractivity contribution in [2.75, 3.05) is 11.9 Å². The molecular formula is C25H20FN3O4. The molecule has 0 aliphatic rings. The smallest absolute Gasteiger partial charge is 0.306 e. The zero-order chi connectivity index (χ0) is 23.4. The van der Waals surface area contributed by atoms with Crippen LogP contribution in [-0.4, -0.2) is 22.4 Å². The van der Waals surface area contributed by atoms with Crippen LogP contribution in [0, 0.1) is 15.9 Å². The summed E-state index contributed by atoms with van der Waals surface area (Å²) in [7, 11) is 0. The van der Waals surface area contributed by atoms with Crippen LogP contribution >= 0.6 is 0 Å². The number of amides is 1. The Hall–Kier alpha value is -4.33. The number of fused-ring (bicyclic) bond motifs is 1. The lowest BCUT2D eigenvalue weighted by Crippen LogP contribution is -2.13. The fraction of sp³-hybridized carbons (Fsp3) is 0.120. The molecule has 0 aliphatic heterocycles. The molecule has 3 aromatic carbocycles. The second kappa shape index (κ2) is 9.44. The molecular weight excluding hydrogens is 425 g/mol. The van der Waals surface area contributed by atoms with Crippen molar-refractivity contribution in [1.29, 1.82) is 0 Å². The zero-order valence-corrected chi connectivity index (χ0v) is 17.7. The second-order valence-corrected chi connectivity index (χ2v) is 7.33. The Balaban J connectivity index is 1.74. The summed E-state index contributed by atoms with van der Waals surface area (Å²) < 4.78 is 19.4. The van der Waals surface area contributed by atoms with Gasteiger partial charge in [-0.15, -0.1) is 0 Å². The highest BCUT2D eigenvalue weighted by molar-refractivity contribution is 6.13. The lowest BCUT2D eigenvalue weighted by molar-refractivity contribution is -0.387. The van der Waals surface area contributed by atoms with Crippen molar-refractivity contribution >= 4 is 28.2 Å². The van der Waals surface area contributed by atoms with Gasteiger partial charge < -0.3 is 10.1 Å². The Morgan fingerprint density at radius 3 is 2.70 bits per heavy atom. The lowest BCUT2D eigenvalue weighted by atomic mass is 10.0. The average molecular weight is 445 g/mol. The van der Waals surface area contributed by atoms with Crippen LogP contribution in [0.3, 0.4) is 0 Å². The van der Waals surface area contributed by atoms with Crippen LogP contribution < -0.4 is 10.1 Å². The summed E-state index contributed by atoms with van der Waals surface area (Å²) in [5, 5.41) is 14.3. The molecule has 0 saturated heterocycles. The van der Waals surface area contributed by atoms with Crippen LogP contribution in [0.25, 0.3) is 22.2 Å². The molecule has 0 aliphatic carbocycles. The highest BCUT2D eigenvalue weighted by Gasteiger charge is 2.18. The van der Waals surface area contributed by atoms with E-state index in [2.05, 4.69) is 5.32 Å².